The largest absolute Gasteiger partial charge is 0.383 e. The Bertz CT molecular complexity index is 438. The first kappa shape index (κ1) is 12.2. The summed E-state index contributed by atoms with van der Waals surface area (Å²) in [7, 11) is 1.69. The fraction of sp³-hybridized carbons (Fsp3) is 0.462. The van der Waals surface area contributed by atoms with E-state index in [9.17, 15) is 0 Å². The van der Waals surface area contributed by atoms with E-state index >= 15 is 0 Å². The molecule has 17 heavy (non-hydrogen) atoms. The molecule has 0 unspecified atom stereocenters. The molecule has 1 aliphatic rings. The molecule has 3 nitrogen and oxygen atoms in total. The molecule has 1 saturated carbocycles. The molecule has 0 aliphatic heterocycles. The summed E-state index contributed by atoms with van der Waals surface area (Å²) in [6, 6.07) is 8.24. The zero-order valence-electron chi connectivity index (χ0n) is 9.82. The zero-order chi connectivity index (χ0) is 12.3. The van der Waals surface area contributed by atoms with Crippen LogP contribution in [-0.2, 0) is 4.74 Å². The van der Waals surface area contributed by atoms with Crippen molar-refractivity contribution in [1.82, 2.24) is 0 Å². The number of hydrogen-bond donors (Lipinski definition) is 0. The third-order valence-corrected chi connectivity index (χ3v) is 3.15. The highest BCUT2D eigenvalue weighted by Gasteiger charge is 2.30. The minimum atomic E-state index is 0.554. The van der Waals surface area contributed by atoms with Crippen molar-refractivity contribution in [2.75, 3.05) is 25.2 Å². The molecule has 0 bridgehead atoms. The van der Waals surface area contributed by atoms with Gasteiger partial charge in [-0.05, 0) is 31.0 Å². The molecule has 0 spiro atoms. The summed E-state index contributed by atoms with van der Waals surface area (Å²) >= 11 is 5.91. The van der Waals surface area contributed by atoms with Gasteiger partial charge in [0.2, 0.25) is 0 Å². The predicted octanol–water partition coefficient (Wildman–Crippen LogP) is 2.83. The second kappa shape index (κ2) is 5.39. The molecule has 0 atom stereocenters. The molecular formula is C13H15ClN2O. The van der Waals surface area contributed by atoms with Crippen LogP contribution in [0.4, 0.5) is 5.69 Å². The normalized spacial score (nSPS) is 14.4. The number of rotatable bonds is 5. The Kier molecular flexibility index (Phi) is 3.88. The molecule has 4 heteroatoms. The summed E-state index contributed by atoms with van der Waals surface area (Å²) in [5.41, 5.74) is 1.61. The SMILES string of the molecule is COCCN(c1ccc(Cl)cc1C#N)C1CC1. The predicted molar refractivity (Wildman–Crippen MR) is 68.4 cm³/mol. The number of benzene rings is 1. The molecule has 0 aromatic heterocycles. The van der Waals surface area contributed by atoms with Crippen molar-refractivity contribution < 1.29 is 4.74 Å². The van der Waals surface area contributed by atoms with Crippen molar-refractivity contribution in [2.24, 2.45) is 0 Å². The van der Waals surface area contributed by atoms with E-state index in [0.717, 1.165) is 12.2 Å². The van der Waals surface area contributed by atoms with Crippen LogP contribution in [-0.4, -0.2) is 26.3 Å². The third-order valence-electron chi connectivity index (χ3n) is 2.91. The van der Waals surface area contributed by atoms with Crippen LogP contribution in [0.1, 0.15) is 18.4 Å². The summed E-state index contributed by atoms with van der Waals surface area (Å²) in [5.74, 6) is 0. The number of hydrogen-bond acceptors (Lipinski definition) is 3. The van der Waals surface area contributed by atoms with Gasteiger partial charge in [0.25, 0.3) is 0 Å². The zero-order valence-corrected chi connectivity index (χ0v) is 10.6. The molecule has 0 radical (unpaired) electrons. The van der Waals surface area contributed by atoms with Crippen LogP contribution in [0.2, 0.25) is 5.02 Å². The minimum Gasteiger partial charge on any atom is -0.383 e. The Hall–Kier alpha value is -1.24. The first-order valence-corrected chi connectivity index (χ1v) is 6.09. The molecule has 1 aromatic rings. The van der Waals surface area contributed by atoms with Gasteiger partial charge >= 0.3 is 0 Å². The van der Waals surface area contributed by atoms with Crippen molar-refractivity contribution >= 4 is 17.3 Å². The van der Waals surface area contributed by atoms with Crippen molar-refractivity contribution in [3.8, 4) is 6.07 Å². The van der Waals surface area contributed by atoms with E-state index in [2.05, 4.69) is 11.0 Å². The second-order valence-electron chi connectivity index (χ2n) is 4.19. The van der Waals surface area contributed by atoms with Crippen LogP contribution in [0, 0.1) is 11.3 Å². The van der Waals surface area contributed by atoms with E-state index in [1.807, 2.05) is 12.1 Å². The fourth-order valence-electron chi connectivity index (χ4n) is 1.92. The van der Waals surface area contributed by atoms with Crippen molar-refractivity contribution in [1.29, 1.82) is 5.26 Å². The van der Waals surface area contributed by atoms with Crippen LogP contribution in [0.3, 0.4) is 0 Å². The lowest BCUT2D eigenvalue weighted by molar-refractivity contribution is 0.205. The molecule has 1 aromatic carbocycles. The number of nitrogens with zero attached hydrogens (tertiary/aromatic N) is 2. The Labute approximate surface area is 107 Å². The first-order valence-electron chi connectivity index (χ1n) is 5.71. The summed E-state index contributed by atoms with van der Waals surface area (Å²) < 4.78 is 5.12. The Morgan fingerprint density at radius 3 is 2.88 bits per heavy atom. The monoisotopic (exact) mass is 250 g/mol. The molecule has 0 saturated heterocycles. The van der Waals surface area contributed by atoms with Gasteiger partial charge in [-0.25, -0.2) is 0 Å². The van der Waals surface area contributed by atoms with E-state index in [0.29, 0.717) is 23.2 Å². The highest BCUT2D eigenvalue weighted by atomic mass is 35.5. The number of nitriles is 1. The van der Waals surface area contributed by atoms with Gasteiger partial charge in [-0.3, -0.25) is 0 Å². The average Bonchev–Trinajstić information content (AvgIpc) is 3.15. The smallest absolute Gasteiger partial charge is 0.101 e. The van der Waals surface area contributed by atoms with Crippen LogP contribution >= 0.6 is 11.6 Å². The molecule has 0 amide bonds. The minimum absolute atomic E-state index is 0.554. The van der Waals surface area contributed by atoms with Crippen LogP contribution in [0.5, 0.6) is 0 Å². The molecule has 1 aliphatic carbocycles. The van der Waals surface area contributed by atoms with Crippen LogP contribution in [0.15, 0.2) is 18.2 Å². The average molecular weight is 251 g/mol. The first-order chi connectivity index (χ1) is 8.26. The van der Waals surface area contributed by atoms with E-state index in [1.54, 1.807) is 13.2 Å². The maximum absolute atomic E-state index is 9.15. The summed E-state index contributed by atoms with van der Waals surface area (Å²) in [4.78, 5) is 2.25. The quantitative estimate of drug-likeness (QED) is 0.806. The number of methoxy groups -OCH3 is 1. The van der Waals surface area contributed by atoms with Gasteiger partial charge < -0.3 is 9.64 Å². The second-order valence-corrected chi connectivity index (χ2v) is 4.63. The molecule has 0 heterocycles. The summed E-state index contributed by atoms with van der Waals surface area (Å²) in [6.45, 7) is 1.49. The number of halogens is 1. The molecule has 1 fully saturated rings. The Balaban J connectivity index is 2.25. The van der Waals surface area contributed by atoms with Crippen molar-refractivity contribution in [3.63, 3.8) is 0 Å². The highest BCUT2D eigenvalue weighted by Crippen LogP contribution is 2.34. The van der Waals surface area contributed by atoms with Crippen LogP contribution in [0.25, 0.3) is 0 Å². The molecule has 90 valence electrons. The van der Waals surface area contributed by atoms with E-state index in [-0.39, 0.29) is 0 Å². The van der Waals surface area contributed by atoms with Gasteiger partial charge in [-0.1, -0.05) is 11.6 Å². The van der Waals surface area contributed by atoms with Gasteiger partial charge in [0.15, 0.2) is 0 Å². The number of anilines is 1. The highest BCUT2D eigenvalue weighted by molar-refractivity contribution is 6.30. The summed E-state index contributed by atoms with van der Waals surface area (Å²) in [5, 5.41) is 9.76. The van der Waals surface area contributed by atoms with Gasteiger partial charge in [0.1, 0.15) is 6.07 Å². The van der Waals surface area contributed by atoms with E-state index in [1.165, 1.54) is 12.8 Å². The lowest BCUT2D eigenvalue weighted by Crippen LogP contribution is -2.30. The van der Waals surface area contributed by atoms with Gasteiger partial charge in [0.05, 0.1) is 17.9 Å². The molecule has 0 N–H and O–H groups in total. The lowest BCUT2D eigenvalue weighted by atomic mass is 10.1. The molecular weight excluding hydrogens is 236 g/mol. The standard InChI is InChI=1S/C13H15ClN2O/c1-17-7-6-16(12-3-4-12)13-5-2-11(14)8-10(13)9-15/h2,5,8,12H,3-4,6-7H2,1H3. The Morgan fingerprint density at radius 2 is 2.29 bits per heavy atom. The summed E-state index contributed by atoms with van der Waals surface area (Å²) in [6.07, 6.45) is 2.38. The maximum Gasteiger partial charge on any atom is 0.101 e. The van der Waals surface area contributed by atoms with Crippen molar-refractivity contribution in [3.05, 3.63) is 28.8 Å². The lowest BCUT2D eigenvalue weighted by Gasteiger charge is -2.25. The Morgan fingerprint density at radius 1 is 1.53 bits per heavy atom. The topological polar surface area (TPSA) is 36.3 Å². The fourth-order valence-corrected chi connectivity index (χ4v) is 2.10. The maximum atomic E-state index is 9.15. The van der Waals surface area contributed by atoms with E-state index < -0.39 is 0 Å². The number of ether oxygens (including phenoxy) is 1. The third kappa shape index (κ3) is 2.91. The van der Waals surface area contributed by atoms with Gasteiger partial charge in [-0.2, -0.15) is 5.26 Å². The van der Waals surface area contributed by atoms with E-state index in [4.69, 9.17) is 21.6 Å². The molecule has 2 rings (SSSR count). The van der Waals surface area contributed by atoms with Crippen LogP contribution < -0.4 is 4.90 Å². The van der Waals surface area contributed by atoms with Crippen molar-refractivity contribution in [2.45, 2.75) is 18.9 Å². The van der Waals surface area contributed by atoms with Gasteiger partial charge in [0, 0.05) is 24.7 Å². The van der Waals surface area contributed by atoms with Gasteiger partial charge in [-0.15, -0.1) is 0 Å².